The summed E-state index contributed by atoms with van der Waals surface area (Å²) in [6.45, 7) is 4.48. The first-order chi connectivity index (χ1) is 9.49. The molecule has 1 heterocycles. The van der Waals surface area contributed by atoms with Gasteiger partial charge in [-0.2, -0.15) is 0 Å². The van der Waals surface area contributed by atoms with Crippen molar-refractivity contribution in [1.29, 1.82) is 0 Å². The molecule has 1 aromatic carbocycles. The summed E-state index contributed by atoms with van der Waals surface area (Å²) in [5, 5.41) is 9.22. The van der Waals surface area contributed by atoms with E-state index in [0.717, 1.165) is 12.8 Å². The van der Waals surface area contributed by atoms with Crippen LogP contribution < -0.4 is 0 Å². The number of carboxylic acids is 1. The number of oxazole rings is 1. The molecule has 4 nitrogen and oxygen atoms in total. The third-order valence-electron chi connectivity index (χ3n) is 4.47. The average Bonchev–Trinajstić information content (AvgIpc) is 2.80. The summed E-state index contributed by atoms with van der Waals surface area (Å²) in [7, 11) is 0. The fourth-order valence-electron chi connectivity index (χ4n) is 3.24. The second-order valence-corrected chi connectivity index (χ2v) is 6.30. The Labute approximate surface area is 117 Å². The fraction of sp³-hybridized carbons (Fsp3) is 0.500. The number of hydrogen-bond donors (Lipinski definition) is 1. The molecule has 0 bridgehead atoms. The van der Waals surface area contributed by atoms with Gasteiger partial charge in [0.1, 0.15) is 5.52 Å². The van der Waals surface area contributed by atoms with Gasteiger partial charge in [0, 0.05) is 5.92 Å². The van der Waals surface area contributed by atoms with Crippen LogP contribution in [-0.2, 0) is 0 Å². The number of benzene rings is 1. The molecule has 0 spiro atoms. The second-order valence-electron chi connectivity index (χ2n) is 6.30. The van der Waals surface area contributed by atoms with Crippen molar-refractivity contribution in [2.45, 2.75) is 45.4 Å². The Bertz CT molecular complexity index is 657. The predicted molar refractivity (Wildman–Crippen MR) is 76.0 cm³/mol. The van der Waals surface area contributed by atoms with Crippen molar-refractivity contribution in [1.82, 2.24) is 4.98 Å². The molecular weight excluding hydrogens is 254 g/mol. The zero-order valence-corrected chi connectivity index (χ0v) is 11.8. The van der Waals surface area contributed by atoms with Crippen LogP contribution in [0.1, 0.15) is 61.7 Å². The molecule has 3 rings (SSSR count). The van der Waals surface area contributed by atoms with Crippen LogP contribution in [0.5, 0.6) is 0 Å². The summed E-state index contributed by atoms with van der Waals surface area (Å²) >= 11 is 0. The van der Waals surface area contributed by atoms with E-state index in [-0.39, 0.29) is 16.9 Å². The van der Waals surface area contributed by atoms with Crippen LogP contribution in [0.15, 0.2) is 22.6 Å². The predicted octanol–water partition coefficient (Wildman–Crippen LogP) is 4.21. The summed E-state index contributed by atoms with van der Waals surface area (Å²) in [4.78, 5) is 15.8. The fourth-order valence-corrected chi connectivity index (χ4v) is 3.24. The number of aromatic nitrogens is 1. The first kappa shape index (κ1) is 13.2. The largest absolute Gasteiger partial charge is 0.478 e. The lowest BCUT2D eigenvalue weighted by Gasteiger charge is -2.36. The minimum Gasteiger partial charge on any atom is -0.478 e. The summed E-state index contributed by atoms with van der Waals surface area (Å²) in [6.07, 6.45) is 4.63. The van der Waals surface area contributed by atoms with Crippen molar-refractivity contribution in [3.05, 3.63) is 29.7 Å². The Morgan fingerprint density at radius 2 is 2.20 bits per heavy atom. The summed E-state index contributed by atoms with van der Waals surface area (Å²) in [6, 6.07) is 5.06. The molecule has 4 heteroatoms. The standard InChI is InChI=1S/C16H19NO3/c1-16(2)9-4-3-7-11(16)14-17-13-10(15(18)19)6-5-8-12(13)20-14/h5-6,8,11H,3-4,7,9H2,1-2H3,(H,18,19). The minimum atomic E-state index is -0.960. The van der Waals surface area contributed by atoms with E-state index in [0.29, 0.717) is 17.0 Å². The van der Waals surface area contributed by atoms with E-state index in [9.17, 15) is 9.90 Å². The number of nitrogens with zero attached hydrogens (tertiary/aromatic N) is 1. The molecule has 0 saturated heterocycles. The molecule has 1 atom stereocenters. The normalized spacial score (nSPS) is 22.0. The number of carboxylic acid groups (broad SMARTS) is 1. The number of aromatic carboxylic acids is 1. The zero-order chi connectivity index (χ0) is 14.3. The van der Waals surface area contributed by atoms with Gasteiger partial charge in [0.05, 0.1) is 5.56 Å². The van der Waals surface area contributed by atoms with Gasteiger partial charge in [-0.25, -0.2) is 9.78 Å². The van der Waals surface area contributed by atoms with Crippen molar-refractivity contribution in [3.8, 4) is 0 Å². The number of fused-ring (bicyclic) bond motifs is 1. The number of rotatable bonds is 2. The maximum atomic E-state index is 11.2. The molecule has 1 aliphatic rings. The lowest BCUT2D eigenvalue weighted by atomic mass is 9.69. The van der Waals surface area contributed by atoms with Crippen LogP contribution in [0.3, 0.4) is 0 Å². The van der Waals surface area contributed by atoms with Gasteiger partial charge in [0.15, 0.2) is 11.5 Å². The maximum Gasteiger partial charge on any atom is 0.338 e. The highest BCUT2D eigenvalue weighted by Crippen LogP contribution is 2.46. The Balaban J connectivity index is 2.09. The van der Waals surface area contributed by atoms with Crippen molar-refractivity contribution in [2.75, 3.05) is 0 Å². The van der Waals surface area contributed by atoms with E-state index in [1.807, 2.05) is 0 Å². The quantitative estimate of drug-likeness (QED) is 0.890. The maximum absolute atomic E-state index is 11.2. The molecule has 0 amide bonds. The van der Waals surface area contributed by atoms with Gasteiger partial charge >= 0.3 is 5.97 Å². The minimum absolute atomic E-state index is 0.155. The highest BCUT2D eigenvalue weighted by atomic mass is 16.4. The molecule has 1 N–H and O–H groups in total. The van der Waals surface area contributed by atoms with Gasteiger partial charge in [-0.15, -0.1) is 0 Å². The van der Waals surface area contributed by atoms with Crippen LogP contribution in [0.25, 0.3) is 11.1 Å². The Hall–Kier alpha value is -1.84. The van der Waals surface area contributed by atoms with Gasteiger partial charge in [-0.1, -0.05) is 32.8 Å². The van der Waals surface area contributed by atoms with Crippen LogP contribution in [0, 0.1) is 5.41 Å². The van der Waals surface area contributed by atoms with E-state index in [2.05, 4.69) is 18.8 Å². The number of carbonyl (C=O) groups is 1. The molecular formula is C16H19NO3. The SMILES string of the molecule is CC1(C)CCCCC1c1nc2c(C(=O)O)cccc2o1. The van der Waals surface area contributed by atoms with Crippen LogP contribution in [0.4, 0.5) is 0 Å². The highest BCUT2D eigenvalue weighted by molar-refractivity contribution is 6.00. The van der Waals surface area contributed by atoms with E-state index in [4.69, 9.17) is 4.42 Å². The second kappa shape index (κ2) is 4.62. The first-order valence-corrected chi connectivity index (χ1v) is 7.12. The van der Waals surface area contributed by atoms with E-state index in [1.165, 1.54) is 12.8 Å². The van der Waals surface area contributed by atoms with Crippen LogP contribution in [0.2, 0.25) is 0 Å². The van der Waals surface area contributed by atoms with Crippen molar-refractivity contribution >= 4 is 17.1 Å². The van der Waals surface area contributed by atoms with Gasteiger partial charge in [-0.05, 0) is 30.4 Å². The monoisotopic (exact) mass is 273 g/mol. The third-order valence-corrected chi connectivity index (χ3v) is 4.47. The van der Waals surface area contributed by atoms with Gasteiger partial charge in [0.2, 0.25) is 0 Å². The van der Waals surface area contributed by atoms with Gasteiger partial charge in [0.25, 0.3) is 0 Å². The highest BCUT2D eigenvalue weighted by Gasteiger charge is 2.36. The Morgan fingerprint density at radius 3 is 2.90 bits per heavy atom. The lowest BCUT2D eigenvalue weighted by molar-refractivity contribution is 0.0699. The topological polar surface area (TPSA) is 63.3 Å². The Kier molecular flexibility index (Phi) is 3.04. The first-order valence-electron chi connectivity index (χ1n) is 7.12. The molecule has 0 radical (unpaired) electrons. The molecule has 20 heavy (non-hydrogen) atoms. The van der Waals surface area contributed by atoms with Gasteiger partial charge < -0.3 is 9.52 Å². The molecule has 0 aliphatic heterocycles. The Morgan fingerprint density at radius 1 is 1.40 bits per heavy atom. The summed E-state index contributed by atoms with van der Waals surface area (Å²) in [5.41, 5.74) is 1.41. The van der Waals surface area contributed by atoms with Gasteiger partial charge in [-0.3, -0.25) is 0 Å². The van der Waals surface area contributed by atoms with E-state index >= 15 is 0 Å². The molecule has 1 unspecified atom stereocenters. The summed E-state index contributed by atoms with van der Waals surface area (Å²) < 4.78 is 5.86. The number of hydrogen-bond acceptors (Lipinski definition) is 3. The summed E-state index contributed by atoms with van der Waals surface area (Å²) in [5.74, 6) is 0.00190. The smallest absolute Gasteiger partial charge is 0.338 e. The van der Waals surface area contributed by atoms with E-state index < -0.39 is 5.97 Å². The third kappa shape index (κ3) is 2.09. The van der Waals surface area contributed by atoms with Crippen LogP contribution >= 0.6 is 0 Å². The molecule has 2 aromatic rings. The molecule has 106 valence electrons. The van der Waals surface area contributed by atoms with Crippen molar-refractivity contribution < 1.29 is 14.3 Å². The van der Waals surface area contributed by atoms with Crippen molar-refractivity contribution in [3.63, 3.8) is 0 Å². The molecule has 1 fully saturated rings. The molecule has 1 aliphatic carbocycles. The van der Waals surface area contributed by atoms with Crippen LogP contribution in [-0.4, -0.2) is 16.1 Å². The molecule has 1 aromatic heterocycles. The number of para-hydroxylation sites is 1. The van der Waals surface area contributed by atoms with Crippen molar-refractivity contribution in [2.24, 2.45) is 5.41 Å². The zero-order valence-electron chi connectivity index (χ0n) is 11.8. The van der Waals surface area contributed by atoms with E-state index in [1.54, 1.807) is 18.2 Å². The average molecular weight is 273 g/mol. The lowest BCUT2D eigenvalue weighted by Crippen LogP contribution is -2.26. The molecule has 1 saturated carbocycles.